The fourth-order valence-electron chi connectivity index (χ4n) is 3.80. The highest BCUT2D eigenvalue weighted by Crippen LogP contribution is 2.19. The van der Waals surface area contributed by atoms with Gasteiger partial charge in [-0.15, -0.1) is 0 Å². The standard InChI is InChI=1S/C18H25N5O2/c1-14-10-19-22(11-14)7-6-21-5-2-3-16(21)12-23-18(24)9-15-13-25-8-4-17(15)20-23/h9-11,16H,2-8,12-13H2,1H3. The Labute approximate surface area is 147 Å². The SMILES string of the molecule is Cc1cnn(CCN2CCCC2Cn2nc3c(cc2=O)COCC3)c1. The van der Waals surface area contributed by atoms with Crippen molar-refractivity contribution in [1.82, 2.24) is 24.5 Å². The predicted molar refractivity (Wildman–Crippen MR) is 93.4 cm³/mol. The summed E-state index contributed by atoms with van der Waals surface area (Å²) in [5.41, 5.74) is 3.14. The summed E-state index contributed by atoms with van der Waals surface area (Å²) in [6.45, 7) is 6.85. The molecule has 7 nitrogen and oxygen atoms in total. The van der Waals surface area contributed by atoms with E-state index >= 15 is 0 Å². The molecule has 0 bridgehead atoms. The number of aromatic nitrogens is 4. The molecule has 0 N–H and O–H groups in total. The van der Waals surface area contributed by atoms with E-state index in [2.05, 4.69) is 28.2 Å². The minimum atomic E-state index is -0.0150. The Morgan fingerprint density at radius 1 is 1.36 bits per heavy atom. The molecule has 4 heterocycles. The van der Waals surface area contributed by atoms with Gasteiger partial charge in [-0.2, -0.15) is 10.2 Å². The zero-order valence-electron chi connectivity index (χ0n) is 14.7. The van der Waals surface area contributed by atoms with Gasteiger partial charge in [0.15, 0.2) is 0 Å². The van der Waals surface area contributed by atoms with Crippen LogP contribution < -0.4 is 5.56 Å². The highest BCUT2D eigenvalue weighted by atomic mass is 16.5. The van der Waals surface area contributed by atoms with E-state index < -0.39 is 0 Å². The van der Waals surface area contributed by atoms with Gasteiger partial charge >= 0.3 is 0 Å². The summed E-state index contributed by atoms with van der Waals surface area (Å²) in [7, 11) is 0. The lowest BCUT2D eigenvalue weighted by Gasteiger charge is -2.25. The van der Waals surface area contributed by atoms with Crippen LogP contribution in [-0.2, 0) is 30.9 Å². The summed E-state index contributed by atoms with van der Waals surface area (Å²) in [4.78, 5) is 14.8. The van der Waals surface area contributed by atoms with Gasteiger partial charge in [0.1, 0.15) is 0 Å². The van der Waals surface area contributed by atoms with E-state index in [0.29, 0.717) is 25.8 Å². The van der Waals surface area contributed by atoms with Crippen molar-refractivity contribution in [3.05, 3.63) is 45.6 Å². The number of nitrogens with zero attached hydrogens (tertiary/aromatic N) is 5. The average molecular weight is 343 g/mol. The first-order valence-corrected chi connectivity index (χ1v) is 9.10. The minimum absolute atomic E-state index is 0.0150. The van der Waals surface area contributed by atoms with Crippen molar-refractivity contribution >= 4 is 0 Å². The zero-order valence-corrected chi connectivity index (χ0v) is 14.7. The summed E-state index contributed by atoms with van der Waals surface area (Å²) in [6.07, 6.45) is 7.05. The molecule has 0 aliphatic carbocycles. The van der Waals surface area contributed by atoms with Gasteiger partial charge in [0.25, 0.3) is 5.56 Å². The fourth-order valence-corrected chi connectivity index (χ4v) is 3.80. The molecule has 0 saturated carbocycles. The van der Waals surface area contributed by atoms with Crippen molar-refractivity contribution in [1.29, 1.82) is 0 Å². The fraction of sp³-hybridized carbons (Fsp3) is 0.611. The van der Waals surface area contributed by atoms with E-state index in [1.165, 1.54) is 12.0 Å². The minimum Gasteiger partial charge on any atom is -0.376 e. The molecule has 0 radical (unpaired) electrons. The van der Waals surface area contributed by atoms with Crippen molar-refractivity contribution in [3.8, 4) is 0 Å². The molecule has 2 aliphatic heterocycles. The second-order valence-electron chi connectivity index (χ2n) is 7.05. The molecule has 1 saturated heterocycles. The van der Waals surface area contributed by atoms with E-state index in [4.69, 9.17) is 4.74 Å². The molecule has 0 spiro atoms. The van der Waals surface area contributed by atoms with Gasteiger partial charge in [-0.3, -0.25) is 14.4 Å². The summed E-state index contributed by atoms with van der Waals surface area (Å²) < 4.78 is 9.06. The van der Waals surface area contributed by atoms with E-state index in [-0.39, 0.29) is 5.56 Å². The number of aryl methyl sites for hydroxylation is 1. The van der Waals surface area contributed by atoms with E-state index in [9.17, 15) is 4.79 Å². The maximum atomic E-state index is 12.4. The normalized spacial score (nSPS) is 20.8. The Morgan fingerprint density at radius 2 is 2.28 bits per heavy atom. The van der Waals surface area contributed by atoms with Gasteiger partial charge in [0.05, 0.1) is 38.2 Å². The maximum Gasteiger partial charge on any atom is 0.267 e. The topological polar surface area (TPSA) is 65.2 Å². The molecular weight excluding hydrogens is 318 g/mol. The number of hydrogen-bond acceptors (Lipinski definition) is 5. The van der Waals surface area contributed by atoms with Gasteiger partial charge in [0, 0.05) is 36.8 Å². The van der Waals surface area contributed by atoms with Crippen molar-refractivity contribution in [2.24, 2.45) is 0 Å². The molecule has 25 heavy (non-hydrogen) atoms. The average Bonchev–Trinajstić information content (AvgIpc) is 3.22. The van der Waals surface area contributed by atoms with Crippen LogP contribution in [0.4, 0.5) is 0 Å². The highest BCUT2D eigenvalue weighted by Gasteiger charge is 2.26. The van der Waals surface area contributed by atoms with Gasteiger partial charge in [-0.05, 0) is 31.9 Å². The van der Waals surface area contributed by atoms with E-state index in [1.807, 2.05) is 10.9 Å². The van der Waals surface area contributed by atoms with Crippen molar-refractivity contribution in [3.63, 3.8) is 0 Å². The summed E-state index contributed by atoms with van der Waals surface area (Å²) in [5.74, 6) is 0. The first-order chi connectivity index (χ1) is 12.2. The van der Waals surface area contributed by atoms with Gasteiger partial charge in [0.2, 0.25) is 0 Å². The first kappa shape index (κ1) is 16.5. The molecule has 0 aromatic carbocycles. The maximum absolute atomic E-state index is 12.4. The Morgan fingerprint density at radius 3 is 3.12 bits per heavy atom. The Hall–Kier alpha value is -1.99. The third kappa shape index (κ3) is 3.67. The van der Waals surface area contributed by atoms with Crippen LogP contribution in [0.1, 0.15) is 29.7 Å². The van der Waals surface area contributed by atoms with Crippen LogP contribution >= 0.6 is 0 Å². The van der Waals surface area contributed by atoms with Crippen molar-refractivity contribution in [2.45, 2.75) is 51.9 Å². The van der Waals surface area contributed by atoms with E-state index in [0.717, 1.165) is 43.7 Å². The number of likely N-dealkylation sites (tertiary alicyclic amines) is 1. The number of hydrogen-bond donors (Lipinski definition) is 0. The third-order valence-electron chi connectivity index (χ3n) is 5.17. The van der Waals surface area contributed by atoms with Crippen molar-refractivity contribution < 1.29 is 4.74 Å². The molecule has 4 rings (SSSR count). The first-order valence-electron chi connectivity index (χ1n) is 9.10. The molecule has 1 atom stereocenters. The number of fused-ring (bicyclic) bond motifs is 1. The number of rotatable bonds is 5. The molecule has 1 fully saturated rings. The quantitative estimate of drug-likeness (QED) is 0.810. The second kappa shape index (κ2) is 7.09. The lowest BCUT2D eigenvalue weighted by Crippen LogP contribution is -2.39. The van der Waals surface area contributed by atoms with Crippen LogP contribution in [0.15, 0.2) is 23.3 Å². The second-order valence-corrected chi connectivity index (χ2v) is 7.05. The Bertz CT molecular complexity index is 797. The van der Waals surface area contributed by atoms with E-state index in [1.54, 1.807) is 10.7 Å². The zero-order chi connectivity index (χ0) is 17.2. The largest absolute Gasteiger partial charge is 0.376 e. The van der Waals surface area contributed by atoms with Crippen LogP contribution in [-0.4, -0.2) is 50.2 Å². The molecule has 2 aromatic heterocycles. The van der Waals surface area contributed by atoms with Crippen LogP contribution in [0.3, 0.4) is 0 Å². The van der Waals surface area contributed by atoms with Crippen LogP contribution in [0, 0.1) is 6.92 Å². The summed E-state index contributed by atoms with van der Waals surface area (Å²) in [6, 6.07) is 2.08. The monoisotopic (exact) mass is 343 g/mol. The predicted octanol–water partition coefficient (Wildman–Crippen LogP) is 0.986. The lowest BCUT2D eigenvalue weighted by molar-refractivity contribution is 0.107. The summed E-state index contributed by atoms with van der Waals surface area (Å²) in [5, 5.41) is 8.97. The molecule has 0 amide bonds. The molecule has 7 heteroatoms. The summed E-state index contributed by atoms with van der Waals surface area (Å²) >= 11 is 0. The molecule has 2 aliphatic rings. The van der Waals surface area contributed by atoms with Crippen LogP contribution in [0.2, 0.25) is 0 Å². The van der Waals surface area contributed by atoms with Crippen LogP contribution in [0.25, 0.3) is 0 Å². The highest BCUT2D eigenvalue weighted by molar-refractivity contribution is 5.18. The third-order valence-corrected chi connectivity index (χ3v) is 5.17. The lowest BCUT2D eigenvalue weighted by atomic mass is 10.1. The smallest absolute Gasteiger partial charge is 0.267 e. The Balaban J connectivity index is 1.43. The molecule has 2 aromatic rings. The van der Waals surface area contributed by atoms with Gasteiger partial charge < -0.3 is 4.74 Å². The van der Waals surface area contributed by atoms with Crippen LogP contribution in [0.5, 0.6) is 0 Å². The molecular formula is C18H25N5O2. The Kier molecular flexibility index (Phi) is 4.67. The number of ether oxygens (including phenoxy) is 1. The van der Waals surface area contributed by atoms with Gasteiger partial charge in [-0.25, -0.2) is 4.68 Å². The van der Waals surface area contributed by atoms with Crippen molar-refractivity contribution in [2.75, 3.05) is 19.7 Å². The molecule has 134 valence electrons. The van der Waals surface area contributed by atoms with Gasteiger partial charge in [-0.1, -0.05) is 0 Å². The molecule has 1 unspecified atom stereocenters.